The van der Waals surface area contributed by atoms with Crippen LogP contribution in [0.25, 0.3) is 16.4 Å². The van der Waals surface area contributed by atoms with Crippen molar-refractivity contribution in [3.63, 3.8) is 0 Å². The minimum Gasteiger partial charge on any atom is -0.465 e. The molecular formula is C20H17N3O2. The van der Waals surface area contributed by atoms with Crippen LogP contribution in [0.3, 0.4) is 0 Å². The highest BCUT2D eigenvalue weighted by Crippen LogP contribution is 2.28. The standard InChI is InChI=1S/C20H17N3O2/c1-2-25-20(24)18(14-8-4-3-5-9-14)17-13-21-19-16-11-7-6-10-15(16)12-22-23(17)19/h3-13,18H,2H2,1H3. The molecule has 1 atom stereocenters. The van der Waals surface area contributed by atoms with Crippen LogP contribution in [-0.2, 0) is 9.53 Å². The van der Waals surface area contributed by atoms with E-state index < -0.39 is 5.92 Å². The summed E-state index contributed by atoms with van der Waals surface area (Å²) in [6.07, 6.45) is 3.50. The van der Waals surface area contributed by atoms with Gasteiger partial charge in [0.05, 0.1) is 24.7 Å². The molecule has 0 radical (unpaired) electrons. The van der Waals surface area contributed by atoms with Crippen LogP contribution >= 0.6 is 0 Å². The summed E-state index contributed by atoms with van der Waals surface area (Å²) >= 11 is 0. The van der Waals surface area contributed by atoms with E-state index in [1.54, 1.807) is 23.8 Å². The average Bonchev–Trinajstić information content (AvgIpc) is 3.07. The Bertz CT molecular complexity index is 1040. The summed E-state index contributed by atoms with van der Waals surface area (Å²) in [7, 11) is 0. The third kappa shape index (κ3) is 2.63. The van der Waals surface area contributed by atoms with Crippen LogP contribution in [-0.4, -0.2) is 27.2 Å². The second kappa shape index (κ2) is 6.36. The van der Waals surface area contributed by atoms with E-state index >= 15 is 0 Å². The van der Waals surface area contributed by atoms with Crippen molar-refractivity contribution in [1.29, 1.82) is 0 Å². The molecule has 0 bridgehead atoms. The second-order valence-corrected chi connectivity index (χ2v) is 5.75. The zero-order chi connectivity index (χ0) is 17.2. The first-order chi connectivity index (χ1) is 12.3. The highest BCUT2D eigenvalue weighted by Gasteiger charge is 2.28. The third-order valence-corrected chi connectivity index (χ3v) is 4.23. The summed E-state index contributed by atoms with van der Waals surface area (Å²) in [6, 6.07) is 17.5. The van der Waals surface area contributed by atoms with Crippen molar-refractivity contribution in [2.45, 2.75) is 12.8 Å². The molecule has 0 saturated heterocycles. The van der Waals surface area contributed by atoms with Crippen LogP contribution in [0.4, 0.5) is 0 Å². The number of esters is 1. The van der Waals surface area contributed by atoms with Gasteiger partial charge in [0.2, 0.25) is 0 Å². The fourth-order valence-corrected chi connectivity index (χ4v) is 3.09. The number of nitrogens with zero attached hydrogens (tertiary/aromatic N) is 3. The van der Waals surface area contributed by atoms with Crippen LogP contribution in [0, 0.1) is 0 Å². The minimum absolute atomic E-state index is 0.301. The van der Waals surface area contributed by atoms with Crippen LogP contribution in [0.2, 0.25) is 0 Å². The summed E-state index contributed by atoms with van der Waals surface area (Å²) in [5.74, 6) is -0.865. The van der Waals surface area contributed by atoms with Crippen molar-refractivity contribution >= 4 is 22.4 Å². The Labute approximate surface area is 144 Å². The molecule has 0 aliphatic rings. The van der Waals surface area contributed by atoms with Gasteiger partial charge in [-0.1, -0.05) is 54.6 Å². The van der Waals surface area contributed by atoms with Crippen molar-refractivity contribution in [2.75, 3.05) is 6.61 Å². The Balaban J connectivity index is 1.93. The molecule has 0 N–H and O–H groups in total. The largest absolute Gasteiger partial charge is 0.465 e. The predicted octanol–water partition coefficient (Wildman–Crippen LogP) is 3.58. The van der Waals surface area contributed by atoms with Gasteiger partial charge in [-0.3, -0.25) is 4.79 Å². The summed E-state index contributed by atoms with van der Waals surface area (Å²) < 4.78 is 7.04. The van der Waals surface area contributed by atoms with E-state index in [0.717, 1.165) is 22.0 Å². The number of imidazole rings is 1. The maximum Gasteiger partial charge on any atom is 0.319 e. The van der Waals surface area contributed by atoms with Gasteiger partial charge in [0, 0.05) is 10.8 Å². The van der Waals surface area contributed by atoms with Crippen molar-refractivity contribution in [3.8, 4) is 0 Å². The van der Waals surface area contributed by atoms with E-state index in [2.05, 4.69) is 10.1 Å². The predicted molar refractivity (Wildman–Crippen MR) is 95.4 cm³/mol. The maximum atomic E-state index is 12.7. The van der Waals surface area contributed by atoms with E-state index in [0.29, 0.717) is 12.3 Å². The lowest BCUT2D eigenvalue weighted by Gasteiger charge is -2.15. The van der Waals surface area contributed by atoms with E-state index in [1.165, 1.54) is 0 Å². The fraction of sp³-hybridized carbons (Fsp3) is 0.150. The van der Waals surface area contributed by atoms with Crippen molar-refractivity contribution in [1.82, 2.24) is 14.6 Å². The summed E-state index contributed by atoms with van der Waals surface area (Å²) in [5.41, 5.74) is 2.29. The van der Waals surface area contributed by atoms with Gasteiger partial charge in [-0.05, 0) is 12.5 Å². The molecule has 4 aromatic rings. The molecule has 1 unspecified atom stereocenters. The number of carbonyl (C=O) groups excluding carboxylic acids is 1. The monoisotopic (exact) mass is 331 g/mol. The highest BCUT2D eigenvalue weighted by atomic mass is 16.5. The van der Waals surface area contributed by atoms with E-state index in [1.807, 2.05) is 54.6 Å². The first-order valence-electron chi connectivity index (χ1n) is 8.22. The molecule has 0 spiro atoms. The molecule has 5 heteroatoms. The average molecular weight is 331 g/mol. The normalized spacial score (nSPS) is 12.4. The fourth-order valence-electron chi connectivity index (χ4n) is 3.09. The van der Waals surface area contributed by atoms with Gasteiger partial charge in [-0.15, -0.1) is 0 Å². The third-order valence-electron chi connectivity index (χ3n) is 4.23. The number of hydrogen-bond donors (Lipinski definition) is 0. The molecule has 124 valence electrons. The maximum absolute atomic E-state index is 12.7. The van der Waals surface area contributed by atoms with E-state index in [9.17, 15) is 4.79 Å². The molecule has 5 nitrogen and oxygen atoms in total. The molecule has 25 heavy (non-hydrogen) atoms. The van der Waals surface area contributed by atoms with Crippen molar-refractivity contribution in [2.24, 2.45) is 0 Å². The minimum atomic E-state index is -0.565. The number of carbonyl (C=O) groups is 1. The molecule has 0 aliphatic carbocycles. The first kappa shape index (κ1) is 15.3. The van der Waals surface area contributed by atoms with E-state index in [-0.39, 0.29) is 5.97 Å². The number of ether oxygens (including phenoxy) is 1. The van der Waals surface area contributed by atoms with Crippen LogP contribution in [0.5, 0.6) is 0 Å². The molecule has 0 saturated carbocycles. The van der Waals surface area contributed by atoms with Crippen LogP contribution in [0.1, 0.15) is 24.1 Å². The van der Waals surface area contributed by atoms with Crippen molar-refractivity contribution < 1.29 is 9.53 Å². The number of benzene rings is 2. The highest BCUT2D eigenvalue weighted by molar-refractivity contribution is 5.93. The molecule has 2 aromatic heterocycles. The number of rotatable bonds is 4. The Hall–Kier alpha value is -3.21. The number of fused-ring (bicyclic) bond motifs is 3. The Morgan fingerprint density at radius 2 is 1.84 bits per heavy atom. The van der Waals surface area contributed by atoms with Gasteiger partial charge in [-0.2, -0.15) is 5.10 Å². The lowest BCUT2D eigenvalue weighted by atomic mass is 9.96. The number of hydrogen-bond acceptors (Lipinski definition) is 4. The van der Waals surface area contributed by atoms with Crippen LogP contribution < -0.4 is 0 Å². The van der Waals surface area contributed by atoms with E-state index in [4.69, 9.17) is 4.74 Å². The smallest absolute Gasteiger partial charge is 0.319 e. The molecule has 2 heterocycles. The van der Waals surface area contributed by atoms with Gasteiger partial charge in [0.15, 0.2) is 5.65 Å². The summed E-state index contributed by atoms with van der Waals surface area (Å²) in [5, 5.41) is 6.52. The summed E-state index contributed by atoms with van der Waals surface area (Å²) in [6.45, 7) is 2.13. The second-order valence-electron chi connectivity index (χ2n) is 5.75. The lowest BCUT2D eigenvalue weighted by molar-refractivity contribution is -0.144. The molecule has 0 amide bonds. The van der Waals surface area contributed by atoms with Crippen molar-refractivity contribution in [3.05, 3.63) is 78.2 Å². The zero-order valence-corrected chi connectivity index (χ0v) is 13.8. The van der Waals surface area contributed by atoms with Gasteiger partial charge < -0.3 is 4.74 Å². The molecule has 0 fully saturated rings. The lowest BCUT2D eigenvalue weighted by Crippen LogP contribution is -2.19. The van der Waals surface area contributed by atoms with Gasteiger partial charge in [-0.25, -0.2) is 9.50 Å². The first-order valence-corrected chi connectivity index (χ1v) is 8.22. The number of aromatic nitrogens is 3. The quantitative estimate of drug-likeness (QED) is 0.536. The Morgan fingerprint density at radius 3 is 2.64 bits per heavy atom. The Kier molecular flexibility index (Phi) is 3.90. The van der Waals surface area contributed by atoms with Crippen LogP contribution in [0.15, 0.2) is 67.0 Å². The topological polar surface area (TPSA) is 56.5 Å². The van der Waals surface area contributed by atoms with Gasteiger partial charge >= 0.3 is 5.97 Å². The molecule has 2 aromatic carbocycles. The zero-order valence-electron chi connectivity index (χ0n) is 13.8. The summed E-state index contributed by atoms with van der Waals surface area (Å²) in [4.78, 5) is 17.2. The molecule has 4 rings (SSSR count). The SMILES string of the molecule is CCOC(=O)C(c1ccccc1)c1cnc2c3ccccc3cnn12. The molecule has 0 aliphatic heterocycles. The molecular weight excluding hydrogens is 314 g/mol. The van der Waals surface area contributed by atoms with Gasteiger partial charge in [0.1, 0.15) is 5.92 Å². The van der Waals surface area contributed by atoms with Gasteiger partial charge in [0.25, 0.3) is 0 Å². The Morgan fingerprint density at radius 1 is 1.08 bits per heavy atom.